The highest BCUT2D eigenvalue weighted by Gasteiger charge is 2.12. The van der Waals surface area contributed by atoms with Crippen LogP contribution in [0.3, 0.4) is 0 Å². The number of aliphatic hydroxyl groups is 1. The predicted molar refractivity (Wildman–Crippen MR) is 77.6 cm³/mol. The molecule has 3 aromatic rings. The summed E-state index contributed by atoms with van der Waals surface area (Å²) >= 11 is 0. The van der Waals surface area contributed by atoms with Gasteiger partial charge in [0.2, 0.25) is 0 Å². The van der Waals surface area contributed by atoms with E-state index in [1.807, 2.05) is 35.0 Å². The van der Waals surface area contributed by atoms with Crippen molar-refractivity contribution in [3.8, 4) is 0 Å². The Labute approximate surface area is 122 Å². The second-order valence-electron chi connectivity index (χ2n) is 4.92. The minimum atomic E-state index is 0.0728. The molecule has 0 saturated heterocycles. The van der Waals surface area contributed by atoms with Crippen molar-refractivity contribution in [3.63, 3.8) is 0 Å². The number of hydrogen-bond acceptors (Lipinski definition) is 5. The van der Waals surface area contributed by atoms with E-state index in [4.69, 9.17) is 5.11 Å². The maximum atomic E-state index is 8.88. The summed E-state index contributed by atoms with van der Waals surface area (Å²) < 4.78 is 3.71. The molecule has 0 bridgehead atoms. The van der Waals surface area contributed by atoms with Gasteiger partial charge in [-0.2, -0.15) is 5.10 Å². The van der Waals surface area contributed by atoms with Crippen molar-refractivity contribution in [3.05, 3.63) is 48.2 Å². The highest BCUT2D eigenvalue weighted by molar-refractivity contribution is 5.37. The second-order valence-corrected chi connectivity index (χ2v) is 4.92. The third kappa shape index (κ3) is 2.93. The number of aliphatic hydroxyl groups excluding tert-OH is 1. The van der Waals surface area contributed by atoms with Gasteiger partial charge in [-0.1, -0.05) is 6.07 Å². The zero-order valence-electron chi connectivity index (χ0n) is 11.8. The van der Waals surface area contributed by atoms with Crippen LogP contribution >= 0.6 is 0 Å². The van der Waals surface area contributed by atoms with Crippen LogP contribution in [0.15, 0.2) is 36.8 Å². The van der Waals surface area contributed by atoms with E-state index in [1.165, 1.54) is 0 Å². The number of aromatic nitrogens is 5. The number of rotatable bonds is 6. The van der Waals surface area contributed by atoms with Crippen molar-refractivity contribution in [1.82, 2.24) is 29.7 Å². The molecule has 21 heavy (non-hydrogen) atoms. The summed E-state index contributed by atoms with van der Waals surface area (Å²) in [7, 11) is 0. The number of pyridine rings is 1. The molecule has 3 heterocycles. The molecule has 0 fully saturated rings. The van der Waals surface area contributed by atoms with E-state index in [2.05, 4.69) is 27.5 Å². The number of nitrogens with one attached hydrogen (secondary N) is 1. The number of hydrogen-bond donors (Lipinski definition) is 2. The van der Waals surface area contributed by atoms with Gasteiger partial charge in [-0.25, -0.2) is 0 Å². The van der Waals surface area contributed by atoms with Gasteiger partial charge in [0.1, 0.15) is 0 Å². The highest BCUT2D eigenvalue weighted by Crippen LogP contribution is 2.12. The molecule has 0 aromatic carbocycles. The summed E-state index contributed by atoms with van der Waals surface area (Å²) in [5, 5.41) is 24.9. The van der Waals surface area contributed by atoms with Gasteiger partial charge in [-0.15, -0.1) is 10.2 Å². The molecule has 0 amide bonds. The average Bonchev–Trinajstić information content (AvgIpc) is 3.12. The molecule has 7 heteroatoms. The van der Waals surface area contributed by atoms with Crippen LogP contribution < -0.4 is 5.32 Å². The molecule has 1 unspecified atom stereocenters. The first-order valence-electron chi connectivity index (χ1n) is 6.93. The molecule has 0 saturated carbocycles. The van der Waals surface area contributed by atoms with E-state index in [-0.39, 0.29) is 12.6 Å². The second kappa shape index (κ2) is 6.02. The lowest BCUT2D eigenvalue weighted by Crippen LogP contribution is -2.20. The van der Waals surface area contributed by atoms with Crippen LogP contribution in [0.25, 0.3) is 5.65 Å². The zero-order chi connectivity index (χ0) is 14.7. The van der Waals surface area contributed by atoms with Crippen molar-refractivity contribution in [2.75, 3.05) is 6.61 Å². The summed E-state index contributed by atoms with van der Waals surface area (Å²) in [6.07, 6.45) is 5.69. The molecule has 0 aliphatic rings. The van der Waals surface area contributed by atoms with Gasteiger partial charge < -0.3 is 10.4 Å². The number of fused-ring (bicyclic) bond motifs is 1. The Kier molecular flexibility index (Phi) is 3.94. The zero-order valence-corrected chi connectivity index (χ0v) is 11.8. The van der Waals surface area contributed by atoms with E-state index in [0.29, 0.717) is 13.1 Å². The Balaban J connectivity index is 1.67. The fourth-order valence-electron chi connectivity index (χ4n) is 2.24. The molecule has 1 atom stereocenters. The molecular formula is C14H18N6O. The van der Waals surface area contributed by atoms with E-state index in [9.17, 15) is 0 Å². The lowest BCUT2D eigenvalue weighted by atomic mass is 10.3. The van der Waals surface area contributed by atoms with Crippen LogP contribution in [0, 0.1) is 0 Å². The van der Waals surface area contributed by atoms with Crippen molar-refractivity contribution in [2.45, 2.75) is 26.1 Å². The minimum Gasteiger partial charge on any atom is -0.394 e. The Hall–Kier alpha value is -2.25. The molecule has 2 N–H and O–H groups in total. The van der Waals surface area contributed by atoms with Gasteiger partial charge in [0.25, 0.3) is 0 Å². The quantitative estimate of drug-likeness (QED) is 0.699. The topological polar surface area (TPSA) is 80.3 Å². The van der Waals surface area contributed by atoms with Crippen molar-refractivity contribution in [2.24, 2.45) is 0 Å². The lowest BCUT2D eigenvalue weighted by molar-refractivity contribution is 0.269. The number of nitrogens with zero attached hydrogens (tertiary/aromatic N) is 5. The molecule has 0 spiro atoms. The molecule has 0 radical (unpaired) electrons. The molecule has 7 nitrogen and oxygen atoms in total. The molecule has 110 valence electrons. The molecule has 0 aliphatic heterocycles. The van der Waals surface area contributed by atoms with Gasteiger partial charge in [0, 0.05) is 24.5 Å². The van der Waals surface area contributed by atoms with Gasteiger partial charge in [-0.05, 0) is 19.1 Å². The lowest BCUT2D eigenvalue weighted by Gasteiger charge is -2.11. The summed E-state index contributed by atoms with van der Waals surface area (Å²) in [4.78, 5) is 0. The Morgan fingerprint density at radius 3 is 3.10 bits per heavy atom. The third-order valence-electron chi connectivity index (χ3n) is 3.36. The Morgan fingerprint density at radius 2 is 2.24 bits per heavy atom. The largest absolute Gasteiger partial charge is 0.394 e. The summed E-state index contributed by atoms with van der Waals surface area (Å²) in [6, 6.07) is 5.92. The third-order valence-corrected chi connectivity index (χ3v) is 3.36. The van der Waals surface area contributed by atoms with Crippen LogP contribution in [0.2, 0.25) is 0 Å². The smallest absolute Gasteiger partial charge is 0.160 e. The molecule has 3 rings (SSSR count). The first kappa shape index (κ1) is 13.7. The van der Waals surface area contributed by atoms with Crippen LogP contribution in [0.5, 0.6) is 0 Å². The van der Waals surface area contributed by atoms with Gasteiger partial charge in [-0.3, -0.25) is 9.08 Å². The monoisotopic (exact) mass is 286 g/mol. The van der Waals surface area contributed by atoms with Crippen LogP contribution in [-0.2, 0) is 13.1 Å². The van der Waals surface area contributed by atoms with Crippen LogP contribution in [-0.4, -0.2) is 36.1 Å². The minimum absolute atomic E-state index is 0.0728. The SMILES string of the molecule is CC(NCc1cnn(CCO)c1)c1nnc2ccccn12. The molecule has 3 aromatic heterocycles. The maximum absolute atomic E-state index is 8.88. The van der Waals surface area contributed by atoms with E-state index < -0.39 is 0 Å². The first-order chi connectivity index (χ1) is 10.3. The normalized spacial score (nSPS) is 12.9. The van der Waals surface area contributed by atoms with Gasteiger partial charge >= 0.3 is 0 Å². The van der Waals surface area contributed by atoms with Gasteiger partial charge in [0.15, 0.2) is 11.5 Å². The van der Waals surface area contributed by atoms with E-state index >= 15 is 0 Å². The van der Waals surface area contributed by atoms with Crippen molar-refractivity contribution < 1.29 is 5.11 Å². The van der Waals surface area contributed by atoms with Crippen molar-refractivity contribution >= 4 is 5.65 Å². The van der Waals surface area contributed by atoms with Gasteiger partial charge in [0.05, 0.1) is 25.4 Å². The fourth-order valence-corrected chi connectivity index (χ4v) is 2.24. The first-order valence-corrected chi connectivity index (χ1v) is 6.93. The van der Waals surface area contributed by atoms with E-state index in [1.54, 1.807) is 10.9 Å². The van der Waals surface area contributed by atoms with Crippen LogP contribution in [0.1, 0.15) is 24.4 Å². The standard InChI is InChI=1S/C14H18N6O/c1-11(14-18-17-13-4-2-3-5-20(13)14)15-8-12-9-16-19(10-12)6-7-21/h2-5,9-11,15,21H,6-8H2,1H3. The molecular weight excluding hydrogens is 268 g/mol. The average molecular weight is 286 g/mol. The summed E-state index contributed by atoms with van der Waals surface area (Å²) in [5.41, 5.74) is 1.92. The fraction of sp³-hybridized carbons (Fsp3) is 0.357. The highest BCUT2D eigenvalue weighted by atomic mass is 16.3. The van der Waals surface area contributed by atoms with Crippen molar-refractivity contribution in [1.29, 1.82) is 0 Å². The summed E-state index contributed by atoms with van der Waals surface area (Å²) in [5.74, 6) is 0.883. The predicted octanol–water partition coefficient (Wildman–Crippen LogP) is 0.769. The Morgan fingerprint density at radius 1 is 1.33 bits per heavy atom. The van der Waals surface area contributed by atoms with E-state index in [0.717, 1.165) is 17.0 Å². The van der Waals surface area contributed by atoms with Crippen LogP contribution in [0.4, 0.5) is 0 Å². The summed E-state index contributed by atoms with van der Waals surface area (Å²) in [6.45, 7) is 3.36. The molecule has 0 aliphatic carbocycles. The Bertz CT molecular complexity index is 719. The maximum Gasteiger partial charge on any atom is 0.160 e.